The van der Waals surface area contributed by atoms with Gasteiger partial charge in [-0.1, -0.05) is 39.5 Å². The summed E-state index contributed by atoms with van der Waals surface area (Å²) in [6, 6.07) is 0. The summed E-state index contributed by atoms with van der Waals surface area (Å²) >= 11 is 0. The van der Waals surface area contributed by atoms with E-state index in [-0.39, 0.29) is 5.92 Å². The number of hydrogen-bond donors (Lipinski definition) is 1. The Bertz CT molecular complexity index is 193. The first-order chi connectivity index (χ1) is 7.19. The average molecular weight is 212 g/mol. The van der Waals surface area contributed by atoms with Crippen molar-refractivity contribution < 1.29 is 9.90 Å². The molecule has 0 bridgehead atoms. The molecule has 0 amide bonds. The van der Waals surface area contributed by atoms with E-state index in [0.29, 0.717) is 5.92 Å². The van der Waals surface area contributed by atoms with Crippen molar-refractivity contribution in [3.63, 3.8) is 0 Å². The molecule has 0 spiro atoms. The molecule has 1 fully saturated rings. The van der Waals surface area contributed by atoms with Gasteiger partial charge in [-0.2, -0.15) is 0 Å². The lowest BCUT2D eigenvalue weighted by Gasteiger charge is -2.31. The zero-order chi connectivity index (χ0) is 11.3. The van der Waals surface area contributed by atoms with Crippen molar-refractivity contribution in [3.05, 3.63) is 0 Å². The van der Waals surface area contributed by atoms with Crippen LogP contribution in [0.15, 0.2) is 0 Å². The van der Waals surface area contributed by atoms with Gasteiger partial charge >= 0.3 is 5.97 Å². The van der Waals surface area contributed by atoms with Crippen LogP contribution >= 0.6 is 0 Å². The smallest absolute Gasteiger partial charge is 0.306 e. The number of carboxylic acids is 1. The van der Waals surface area contributed by atoms with Gasteiger partial charge in [-0.05, 0) is 31.1 Å². The molecule has 15 heavy (non-hydrogen) atoms. The van der Waals surface area contributed by atoms with E-state index < -0.39 is 5.97 Å². The third-order valence-electron chi connectivity index (χ3n) is 3.95. The zero-order valence-corrected chi connectivity index (χ0v) is 10.0. The molecule has 1 unspecified atom stereocenters. The van der Waals surface area contributed by atoms with Crippen molar-refractivity contribution in [2.24, 2.45) is 17.8 Å². The molecule has 0 aromatic heterocycles. The van der Waals surface area contributed by atoms with Gasteiger partial charge < -0.3 is 5.11 Å². The molecule has 0 aromatic carbocycles. The highest BCUT2D eigenvalue weighted by molar-refractivity contribution is 5.70. The van der Waals surface area contributed by atoms with E-state index in [1.807, 2.05) is 0 Å². The van der Waals surface area contributed by atoms with Crippen molar-refractivity contribution in [2.75, 3.05) is 0 Å². The molecule has 0 saturated heterocycles. The molecule has 1 aliphatic carbocycles. The van der Waals surface area contributed by atoms with Crippen LogP contribution in [0.2, 0.25) is 0 Å². The molecule has 0 radical (unpaired) electrons. The van der Waals surface area contributed by atoms with Crippen molar-refractivity contribution >= 4 is 5.97 Å². The molecular weight excluding hydrogens is 188 g/mol. The van der Waals surface area contributed by atoms with E-state index >= 15 is 0 Å². The van der Waals surface area contributed by atoms with E-state index in [9.17, 15) is 9.90 Å². The van der Waals surface area contributed by atoms with Gasteiger partial charge in [0.15, 0.2) is 0 Å². The summed E-state index contributed by atoms with van der Waals surface area (Å²) in [6.07, 6.45) is 7.87. The number of rotatable bonds is 5. The Hall–Kier alpha value is -0.530. The van der Waals surface area contributed by atoms with Gasteiger partial charge in [0, 0.05) is 0 Å². The lowest BCUT2D eigenvalue weighted by molar-refractivity contribution is -0.144. The first kappa shape index (κ1) is 12.5. The number of aliphatic carboxylic acids is 1. The summed E-state index contributed by atoms with van der Waals surface area (Å²) in [5.41, 5.74) is 0. The number of carboxylic acid groups (broad SMARTS) is 1. The van der Waals surface area contributed by atoms with Crippen LogP contribution in [0.25, 0.3) is 0 Å². The van der Waals surface area contributed by atoms with Gasteiger partial charge in [-0.15, -0.1) is 0 Å². The summed E-state index contributed by atoms with van der Waals surface area (Å²) in [7, 11) is 0. The van der Waals surface area contributed by atoms with E-state index in [2.05, 4.69) is 13.8 Å². The molecule has 1 saturated carbocycles. The van der Waals surface area contributed by atoms with Gasteiger partial charge in [0.05, 0.1) is 5.92 Å². The lowest BCUT2D eigenvalue weighted by atomic mass is 9.74. The largest absolute Gasteiger partial charge is 0.481 e. The second-order valence-corrected chi connectivity index (χ2v) is 4.92. The average Bonchev–Trinajstić information content (AvgIpc) is 2.26. The highest BCUT2D eigenvalue weighted by Crippen LogP contribution is 2.36. The predicted molar refractivity (Wildman–Crippen MR) is 61.8 cm³/mol. The Morgan fingerprint density at radius 1 is 1.27 bits per heavy atom. The minimum atomic E-state index is -0.572. The van der Waals surface area contributed by atoms with Gasteiger partial charge in [0.2, 0.25) is 0 Å². The van der Waals surface area contributed by atoms with Crippen LogP contribution in [0, 0.1) is 17.8 Å². The number of hydrogen-bond acceptors (Lipinski definition) is 1. The first-order valence-corrected chi connectivity index (χ1v) is 6.41. The first-order valence-electron chi connectivity index (χ1n) is 6.41. The maximum Gasteiger partial charge on any atom is 0.306 e. The third kappa shape index (κ3) is 3.51. The molecule has 1 aliphatic rings. The van der Waals surface area contributed by atoms with Gasteiger partial charge in [-0.3, -0.25) is 4.79 Å². The van der Waals surface area contributed by atoms with Gasteiger partial charge in [0.1, 0.15) is 0 Å². The van der Waals surface area contributed by atoms with Crippen LogP contribution < -0.4 is 0 Å². The summed E-state index contributed by atoms with van der Waals surface area (Å²) < 4.78 is 0. The Balaban J connectivity index is 2.45. The molecule has 0 heterocycles. The Kier molecular flexibility index (Phi) is 5.13. The minimum absolute atomic E-state index is 0.0761. The van der Waals surface area contributed by atoms with E-state index in [4.69, 9.17) is 0 Å². The van der Waals surface area contributed by atoms with E-state index in [0.717, 1.165) is 31.6 Å². The van der Waals surface area contributed by atoms with Crippen LogP contribution in [0.4, 0.5) is 0 Å². The Morgan fingerprint density at radius 2 is 1.87 bits per heavy atom. The summed E-state index contributed by atoms with van der Waals surface area (Å²) in [4.78, 5) is 11.1. The summed E-state index contributed by atoms with van der Waals surface area (Å²) in [6.45, 7) is 4.32. The zero-order valence-electron chi connectivity index (χ0n) is 10.0. The second kappa shape index (κ2) is 6.14. The molecule has 2 nitrogen and oxygen atoms in total. The van der Waals surface area contributed by atoms with Crippen molar-refractivity contribution in [1.29, 1.82) is 0 Å². The maximum absolute atomic E-state index is 11.1. The molecule has 1 atom stereocenters. The SMILES string of the molecule is CCCC(C(=O)O)C1CCC(CC)CC1. The van der Waals surface area contributed by atoms with E-state index in [1.54, 1.807) is 0 Å². The topological polar surface area (TPSA) is 37.3 Å². The predicted octanol–water partition coefficient (Wildman–Crippen LogP) is 3.70. The number of carbonyl (C=O) groups is 1. The lowest BCUT2D eigenvalue weighted by Crippen LogP contribution is -2.27. The maximum atomic E-state index is 11.1. The van der Waals surface area contributed by atoms with E-state index in [1.165, 1.54) is 19.3 Å². The standard InChI is InChI=1S/C13H24O2/c1-3-5-12(13(14)15)11-8-6-10(4-2)7-9-11/h10-12H,3-9H2,1-2H3,(H,14,15). The molecule has 88 valence electrons. The molecule has 1 N–H and O–H groups in total. The van der Waals surface area contributed by atoms with Crippen LogP contribution in [0.3, 0.4) is 0 Å². The van der Waals surface area contributed by atoms with Crippen molar-refractivity contribution in [2.45, 2.75) is 58.8 Å². The van der Waals surface area contributed by atoms with Gasteiger partial charge in [-0.25, -0.2) is 0 Å². The highest BCUT2D eigenvalue weighted by Gasteiger charge is 2.30. The normalized spacial score (nSPS) is 28.7. The molecule has 1 rings (SSSR count). The molecule has 0 aromatic rings. The van der Waals surface area contributed by atoms with Crippen molar-refractivity contribution in [3.8, 4) is 0 Å². The minimum Gasteiger partial charge on any atom is -0.481 e. The van der Waals surface area contributed by atoms with Crippen molar-refractivity contribution in [1.82, 2.24) is 0 Å². The van der Waals surface area contributed by atoms with Gasteiger partial charge in [0.25, 0.3) is 0 Å². The summed E-state index contributed by atoms with van der Waals surface area (Å²) in [5, 5.41) is 9.18. The fraction of sp³-hybridized carbons (Fsp3) is 0.923. The monoisotopic (exact) mass is 212 g/mol. The third-order valence-corrected chi connectivity index (χ3v) is 3.95. The molecule has 0 aliphatic heterocycles. The fourth-order valence-corrected chi connectivity index (χ4v) is 2.87. The second-order valence-electron chi connectivity index (χ2n) is 4.92. The van der Waals surface area contributed by atoms with Crippen LogP contribution in [-0.4, -0.2) is 11.1 Å². The quantitative estimate of drug-likeness (QED) is 0.754. The summed E-state index contributed by atoms with van der Waals surface area (Å²) in [5.74, 6) is 0.659. The van der Waals surface area contributed by atoms with Crippen LogP contribution in [0.5, 0.6) is 0 Å². The molecule has 2 heteroatoms. The Labute approximate surface area is 93.1 Å². The fourth-order valence-electron chi connectivity index (χ4n) is 2.87. The Morgan fingerprint density at radius 3 is 2.27 bits per heavy atom. The highest BCUT2D eigenvalue weighted by atomic mass is 16.4. The van der Waals surface area contributed by atoms with Crippen LogP contribution in [-0.2, 0) is 4.79 Å². The molecular formula is C13H24O2. The van der Waals surface area contributed by atoms with Crippen LogP contribution in [0.1, 0.15) is 58.8 Å².